The minimum Gasteiger partial charge on any atom is -0.458 e. The van der Waals surface area contributed by atoms with Crippen molar-refractivity contribution in [1.29, 1.82) is 0 Å². The van der Waals surface area contributed by atoms with Crippen molar-refractivity contribution in [3.05, 3.63) is 36.0 Å². The summed E-state index contributed by atoms with van der Waals surface area (Å²) < 4.78 is 37.1. The van der Waals surface area contributed by atoms with Gasteiger partial charge < -0.3 is 43.5 Å². The van der Waals surface area contributed by atoms with Crippen molar-refractivity contribution in [2.75, 3.05) is 21.2 Å². The number of nitrogens with zero attached hydrogens (tertiary/aromatic N) is 1. The summed E-state index contributed by atoms with van der Waals surface area (Å²) in [6.45, 7) is 7.87. The number of hydrogen-bond donors (Lipinski definition) is 2. The van der Waals surface area contributed by atoms with Crippen LogP contribution in [0.3, 0.4) is 0 Å². The van der Waals surface area contributed by atoms with E-state index in [-0.39, 0.29) is 78.5 Å². The average molecular weight is 730 g/mol. The lowest BCUT2D eigenvalue weighted by Crippen LogP contribution is -2.58. The Balaban J connectivity index is 1.22. The predicted octanol–water partition coefficient (Wildman–Crippen LogP) is 4.74. The number of esters is 1. The normalized spacial score (nSPS) is 45.9. The maximum absolute atomic E-state index is 14.7. The van der Waals surface area contributed by atoms with Crippen LogP contribution in [0.25, 0.3) is 0 Å². The SMILES string of the molecule is CC/C=C/[C@H]1CCC[C@H](OC2CC[C@H](N(C)C)[C@@H](C)O2)[C@@H](C)C(=O)C2=CC3C4CC(O[C@@H]5O[C@@H](C)[C@H](O)[C@@H](O)[C@H]5OC)CC4C=C[C@H]3C2CC(=O)O1. The molecule has 17 atom stereocenters. The van der Waals surface area contributed by atoms with E-state index in [0.29, 0.717) is 18.9 Å². The molecule has 0 spiro atoms. The van der Waals surface area contributed by atoms with Crippen molar-refractivity contribution < 1.29 is 48.2 Å². The largest absolute Gasteiger partial charge is 0.458 e. The van der Waals surface area contributed by atoms with Gasteiger partial charge in [-0.25, -0.2) is 0 Å². The van der Waals surface area contributed by atoms with Crippen molar-refractivity contribution in [1.82, 2.24) is 4.90 Å². The first-order chi connectivity index (χ1) is 24.9. The van der Waals surface area contributed by atoms with Gasteiger partial charge in [0.05, 0.1) is 30.8 Å². The predicted molar refractivity (Wildman–Crippen MR) is 194 cm³/mol. The zero-order chi connectivity index (χ0) is 37.3. The average Bonchev–Trinajstić information content (AvgIpc) is 3.69. The summed E-state index contributed by atoms with van der Waals surface area (Å²) in [6, 6.07) is 0.320. The summed E-state index contributed by atoms with van der Waals surface area (Å²) in [5, 5.41) is 21.0. The van der Waals surface area contributed by atoms with Crippen molar-refractivity contribution in [3.8, 4) is 0 Å². The van der Waals surface area contributed by atoms with Gasteiger partial charge in [-0.2, -0.15) is 0 Å². The number of cyclic esters (lactones) is 1. The van der Waals surface area contributed by atoms with Gasteiger partial charge in [0.15, 0.2) is 18.4 Å². The minimum absolute atomic E-state index is 0.00853. The molecule has 3 saturated heterocycles. The molecule has 0 bridgehead atoms. The van der Waals surface area contributed by atoms with E-state index in [1.54, 1.807) is 6.92 Å². The Morgan fingerprint density at radius 3 is 2.44 bits per heavy atom. The van der Waals surface area contributed by atoms with Crippen molar-refractivity contribution in [3.63, 3.8) is 0 Å². The molecule has 3 heterocycles. The monoisotopic (exact) mass is 729 g/mol. The molecule has 6 unspecified atom stereocenters. The number of carbonyl (C=O) groups is 2. The van der Waals surface area contributed by atoms with Crippen LogP contribution in [0.5, 0.6) is 0 Å². The molecule has 6 rings (SSSR count). The number of aliphatic hydroxyl groups excluding tert-OH is 2. The molecule has 3 aliphatic heterocycles. The standard InChI is InChI=1S/C41H63NO10/c1-8-9-11-26-12-10-13-34(52-36-17-16-33(42(5)6)23(3)48-36)22(2)37(44)32-20-30-28(31(32)21-35(43)50-26)15-14-25-18-27(19-29(25)30)51-41-40(47-7)39(46)38(45)24(4)49-41/h9,11,14-15,20,22-31,33-34,36,38-41,45-46H,8,10,12-13,16-19,21H2,1-7H3/b11-9+/t22-,23-,24+,25?,26+,27?,28-,29?,30?,31?,33+,34+,36?,38+,39-,40-,41+/m1/s1. The number of methoxy groups -OCH3 is 1. The van der Waals surface area contributed by atoms with E-state index in [4.69, 9.17) is 28.4 Å². The molecule has 0 aromatic carbocycles. The highest BCUT2D eigenvalue weighted by Crippen LogP contribution is 2.54. The minimum atomic E-state index is -1.12. The number of Topliss-reactive ketones (excluding diaryl/α,β-unsaturated/α-hetero) is 1. The Morgan fingerprint density at radius 2 is 1.73 bits per heavy atom. The molecule has 3 aliphatic carbocycles. The van der Waals surface area contributed by atoms with Crippen molar-refractivity contribution in [2.24, 2.45) is 35.5 Å². The van der Waals surface area contributed by atoms with Crippen LogP contribution in [0.15, 0.2) is 36.0 Å². The van der Waals surface area contributed by atoms with Gasteiger partial charge in [0.2, 0.25) is 0 Å². The molecular weight excluding hydrogens is 666 g/mol. The molecule has 11 nitrogen and oxygen atoms in total. The van der Waals surface area contributed by atoms with E-state index in [1.807, 2.05) is 13.0 Å². The third-order valence-corrected chi connectivity index (χ3v) is 12.8. The molecule has 1 saturated carbocycles. The van der Waals surface area contributed by atoms with Crippen molar-refractivity contribution >= 4 is 11.8 Å². The molecule has 0 amide bonds. The van der Waals surface area contributed by atoms with Crippen LogP contribution >= 0.6 is 0 Å². The molecule has 0 radical (unpaired) electrons. The van der Waals surface area contributed by atoms with Crippen LogP contribution in [-0.4, -0.2) is 116 Å². The molecule has 0 aromatic rings. The maximum Gasteiger partial charge on any atom is 0.307 e. The van der Waals surface area contributed by atoms with Gasteiger partial charge >= 0.3 is 5.97 Å². The summed E-state index contributed by atoms with van der Waals surface area (Å²) in [4.78, 5) is 30.5. The van der Waals surface area contributed by atoms with Crippen LogP contribution in [0.1, 0.15) is 85.5 Å². The third kappa shape index (κ3) is 8.47. The lowest BCUT2D eigenvalue weighted by atomic mass is 9.70. The highest BCUT2D eigenvalue weighted by molar-refractivity contribution is 5.99. The summed E-state index contributed by atoms with van der Waals surface area (Å²) in [7, 11) is 5.64. The Kier molecular flexibility index (Phi) is 13.2. The number of aliphatic hydroxyl groups is 2. The van der Waals surface area contributed by atoms with Gasteiger partial charge in [-0.05, 0) is 115 Å². The number of fused-ring (bicyclic) bond motifs is 5. The first-order valence-electron chi connectivity index (χ1n) is 19.9. The van der Waals surface area contributed by atoms with Crippen LogP contribution in [0.4, 0.5) is 0 Å². The lowest BCUT2D eigenvalue weighted by Gasteiger charge is -2.41. The Morgan fingerprint density at radius 1 is 0.942 bits per heavy atom. The number of carbonyl (C=O) groups excluding carboxylic acids is 2. The number of likely N-dealkylation sites (N-methyl/N-ethyl adjacent to an activating group) is 1. The first-order valence-corrected chi connectivity index (χ1v) is 19.9. The molecule has 52 heavy (non-hydrogen) atoms. The fourth-order valence-electron chi connectivity index (χ4n) is 9.93. The van der Waals surface area contributed by atoms with Crippen molar-refractivity contribution in [2.45, 2.75) is 153 Å². The van der Waals surface area contributed by atoms with Gasteiger partial charge in [-0.3, -0.25) is 9.59 Å². The number of ketones is 1. The van der Waals surface area contributed by atoms with Gasteiger partial charge in [0, 0.05) is 25.0 Å². The van der Waals surface area contributed by atoms with E-state index in [0.717, 1.165) is 44.1 Å². The van der Waals surface area contributed by atoms with Crippen LogP contribution < -0.4 is 0 Å². The fourth-order valence-corrected chi connectivity index (χ4v) is 9.93. The van der Waals surface area contributed by atoms with Gasteiger partial charge in [-0.15, -0.1) is 0 Å². The molecular formula is C41H63NO10. The highest BCUT2D eigenvalue weighted by Gasteiger charge is 2.52. The summed E-state index contributed by atoms with van der Waals surface area (Å²) in [5.74, 6) is -0.415. The summed E-state index contributed by atoms with van der Waals surface area (Å²) in [5.41, 5.74) is 0.718. The summed E-state index contributed by atoms with van der Waals surface area (Å²) >= 11 is 0. The topological polar surface area (TPSA) is 133 Å². The van der Waals surface area contributed by atoms with Gasteiger partial charge in [-0.1, -0.05) is 38.2 Å². The van der Waals surface area contributed by atoms with E-state index < -0.39 is 36.6 Å². The van der Waals surface area contributed by atoms with Crippen LogP contribution in [-0.2, 0) is 38.0 Å². The quantitative estimate of drug-likeness (QED) is 0.265. The van der Waals surface area contributed by atoms with E-state index in [9.17, 15) is 19.8 Å². The molecule has 0 aromatic heterocycles. The second-order valence-corrected chi connectivity index (χ2v) is 16.4. The van der Waals surface area contributed by atoms with E-state index in [2.05, 4.69) is 57.1 Å². The first kappa shape index (κ1) is 39.7. The Bertz CT molecular complexity index is 1330. The van der Waals surface area contributed by atoms with Crippen LogP contribution in [0, 0.1) is 35.5 Å². The highest BCUT2D eigenvalue weighted by atomic mass is 16.7. The lowest BCUT2D eigenvalue weighted by molar-refractivity contribution is -0.308. The molecule has 2 N–H and O–H groups in total. The number of ether oxygens (including phenoxy) is 6. The smallest absolute Gasteiger partial charge is 0.307 e. The molecule has 292 valence electrons. The fraction of sp³-hybridized carbons (Fsp3) is 0.805. The molecule has 4 fully saturated rings. The van der Waals surface area contributed by atoms with Gasteiger partial charge in [0.25, 0.3) is 0 Å². The molecule has 11 heteroatoms. The molecule has 6 aliphatic rings. The van der Waals surface area contributed by atoms with Gasteiger partial charge in [0.1, 0.15) is 24.4 Å². The number of allylic oxidation sites excluding steroid dienone is 5. The zero-order valence-electron chi connectivity index (χ0n) is 32.2. The second-order valence-electron chi connectivity index (χ2n) is 16.4. The maximum atomic E-state index is 14.7. The number of hydrogen-bond acceptors (Lipinski definition) is 11. The van der Waals surface area contributed by atoms with E-state index >= 15 is 0 Å². The third-order valence-electron chi connectivity index (χ3n) is 12.8. The number of rotatable bonds is 8. The van der Waals surface area contributed by atoms with Crippen LogP contribution in [0.2, 0.25) is 0 Å². The zero-order valence-corrected chi connectivity index (χ0v) is 32.2. The second kappa shape index (κ2) is 17.2. The Labute approximate surface area is 310 Å². The van der Waals surface area contributed by atoms with E-state index in [1.165, 1.54) is 7.11 Å². The Hall–Kier alpha value is -1.96. The summed E-state index contributed by atoms with van der Waals surface area (Å²) in [6.07, 6.45) is 11.4.